The molecule has 0 bridgehead atoms. The maximum atomic E-state index is 13.1. The number of hydrogen-bond acceptors (Lipinski definition) is 4. The molecular weight excluding hydrogens is 454 g/mol. The molecule has 34 heavy (non-hydrogen) atoms. The molecule has 0 spiro atoms. The van der Waals surface area contributed by atoms with Crippen molar-refractivity contribution in [1.29, 1.82) is 0 Å². The zero-order valence-electron chi connectivity index (χ0n) is 18.4. The molecule has 2 atom stereocenters. The lowest BCUT2D eigenvalue weighted by atomic mass is 10.0. The quantitative estimate of drug-likeness (QED) is 0.414. The van der Waals surface area contributed by atoms with Crippen LogP contribution in [0.4, 0.5) is 4.79 Å². The van der Waals surface area contributed by atoms with E-state index in [0.29, 0.717) is 10.6 Å². The van der Waals surface area contributed by atoms with Crippen molar-refractivity contribution in [3.05, 3.63) is 107 Å². The van der Waals surface area contributed by atoms with Gasteiger partial charge in [0.1, 0.15) is 18.7 Å². The number of carbonyl (C=O) groups is 3. The van der Waals surface area contributed by atoms with E-state index in [1.165, 1.54) is 0 Å². The highest BCUT2D eigenvalue weighted by Gasteiger charge is 2.27. The van der Waals surface area contributed by atoms with Crippen molar-refractivity contribution in [3.8, 4) is 0 Å². The molecule has 0 aliphatic heterocycles. The van der Waals surface area contributed by atoms with Crippen LogP contribution in [0.1, 0.15) is 16.7 Å². The van der Waals surface area contributed by atoms with E-state index >= 15 is 0 Å². The predicted octanol–water partition coefficient (Wildman–Crippen LogP) is 3.39. The lowest BCUT2D eigenvalue weighted by Gasteiger charge is -2.22. The van der Waals surface area contributed by atoms with Crippen LogP contribution in [0.25, 0.3) is 0 Å². The molecule has 0 aliphatic carbocycles. The zero-order valence-corrected chi connectivity index (χ0v) is 19.2. The summed E-state index contributed by atoms with van der Waals surface area (Å²) < 4.78 is 5.27. The fraction of sp³-hybridized carbons (Fsp3) is 0.192. The molecule has 0 heterocycles. The first-order valence-corrected chi connectivity index (χ1v) is 11.1. The van der Waals surface area contributed by atoms with Crippen LogP contribution in [0.5, 0.6) is 0 Å². The van der Waals surface area contributed by atoms with Gasteiger partial charge in [0.15, 0.2) is 0 Å². The molecule has 0 radical (unpaired) electrons. The van der Waals surface area contributed by atoms with E-state index in [-0.39, 0.29) is 19.4 Å². The molecule has 176 valence electrons. The Bertz CT molecular complexity index is 1110. The van der Waals surface area contributed by atoms with Gasteiger partial charge in [0.05, 0.1) is 0 Å². The molecule has 0 saturated carbocycles. The zero-order chi connectivity index (χ0) is 24.3. The first-order valence-electron chi connectivity index (χ1n) is 10.8. The normalized spacial score (nSPS) is 12.3. The van der Waals surface area contributed by atoms with Crippen LogP contribution in [-0.4, -0.2) is 30.0 Å². The van der Waals surface area contributed by atoms with Gasteiger partial charge >= 0.3 is 6.09 Å². The third kappa shape index (κ3) is 7.64. The summed E-state index contributed by atoms with van der Waals surface area (Å²) in [5, 5.41) is 5.72. The van der Waals surface area contributed by atoms with Crippen molar-refractivity contribution in [2.45, 2.75) is 31.5 Å². The van der Waals surface area contributed by atoms with Crippen LogP contribution < -0.4 is 16.4 Å². The Morgan fingerprint density at radius 2 is 1.35 bits per heavy atom. The van der Waals surface area contributed by atoms with E-state index in [0.717, 1.165) is 11.1 Å². The summed E-state index contributed by atoms with van der Waals surface area (Å²) in [5.41, 5.74) is 7.85. The average molecular weight is 480 g/mol. The number of halogens is 1. The van der Waals surface area contributed by atoms with Crippen LogP contribution in [0.15, 0.2) is 84.9 Å². The number of alkyl carbamates (subject to hydrolysis) is 1. The minimum Gasteiger partial charge on any atom is -0.445 e. The Labute approximate surface area is 203 Å². The standard InChI is InChI=1S/C26H26ClN3O4/c27-21-14-8-7-13-20(21)16-22(24(28)31)29-25(32)23(15-18-9-3-1-4-10-18)30-26(33)34-17-19-11-5-2-6-12-19/h1-14,22-23H,15-17H2,(H2,28,31)(H,29,32)(H,30,33)/t22-,23-/m1/s1. The van der Waals surface area contributed by atoms with Crippen LogP contribution in [0, 0.1) is 0 Å². The van der Waals surface area contributed by atoms with Gasteiger partial charge in [-0.15, -0.1) is 0 Å². The van der Waals surface area contributed by atoms with Gasteiger partial charge in [-0.2, -0.15) is 0 Å². The van der Waals surface area contributed by atoms with Crippen LogP contribution in [0.2, 0.25) is 5.02 Å². The average Bonchev–Trinajstić information content (AvgIpc) is 2.84. The molecule has 0 saturated heterocycles. The van der Waals surface area contributed by atoms with Gasteiger partial charge in [-0.25, -0.2) is 4.79 Å². The molecule has 3 rings (SSSR count). The molecule has 3 aromatic rings. The fourth-order valence-electron chi connectivity index (χ4n) is 3.35. The number of primary amides is 1. The van der Waals surface area contributed by atoms with Crippen molar-refractivity contribution in [3.63, 3.8) is 0 Å². The van der Waals surface area contributed by atoms with Gasteiger partial charge in [0.25, 0.3) is 0 Å². The molecule has 7 nitrogen and oxygen atoms in total. The lowest BCUT2D eigenvalue weighted by Crippen LogP contribution is -2.54. The van der Waals surface area contributed by atoms with Crippen molar-refractivity contribution < 1.29 is 19.1 Å². The number of nitrogens with one attached hydrogen (secondary N) is 2. The van der Waals surface area contributed by atoms with E-state index in [1.54, 1.807) is 24.3 Å². The van der Waals surface area contributed by atoms with Gasteiger partial charge in [-0.05, 0) is 22.8 Å². The van der Waals surface area contributed by atoms with Crippen molar-refractivity contribution in [1.82, 2.24) is 10.6 Å². The fourth-order valence-corrected chi connectivity index (χ4v) is 3.56. The smallest absolute Gasteiger partial charge is 0.408 e. The summed E-state index contributed by atoms with van der Waals surface area (Å²) in [6.07, 6.45) is -0.427. The number of ether oxygens (including phenoxy) is 1. The van der Waals surface area contributed by atoms with Gasteiger partial charge in [0.2, 0.25) is 11.8 Å². The summed E-state index contributed by atoms with van der Waals surface area (Å²) in [4.78, 5) is 37.6. The number of amides is 3. The summed E-state index contributed by atoms with van der Waals surface area (Å²) in [6.45, 7) is 0.0583. The first-order chi connectivity index (χ1) is 16.4. The Balaban J connectivity index is 1.70. The van der Waals surface area contributed by atoms with E-state index < -0.39 is 30.0 Å². The summed E-state index contributed by atoms with van der Waals surface area (Å²) in [6, 6.07) is 23.4. The van der Waals surface area contributed by atoms with Gasteiger partial charge in [-0.3, -0.25) is 9.59 Å². The van der Waals surface area contributed by atoms with E-state index in [1.807, 2.05) is 60.7 Å². The second-order valence-corrected chi connectivity index (χ2v) is 8.11. The number of hydrogen-bond donors (Lipinski definition) is 3. The third-order valence-electron chi connectivity index (χ3n) is 5.15. The molecule has 0 aliphatic rings. The molecule has 0 aromatic heterocycles. The SMILES string of the molecule is NC(=O)[C@@H](Cc1ccccc1Cl)NC(=O)[C@@H](Cc1ccccc1)NC(=O)OCc1ccccc1. The molecule has 0 unspecified atom stereocenters. The van der Waals surface area contributed by atoms with Crippen molar-refractivity contribution >= 4 is 29.5 Å². The van der Waals surface area contributed by atoms with Crippen LogP contribution in [0.3, 0.4) is 0 Å². The molecule has 0 fully saturated rings. The van der Waals surface area contributed by atoms with Crippen LogP contribution >= 0.6 is 11.6 Å². The summed E-state index contributed by atoms with van der Waals surface area (Å²) >= 11 is 6.20. The minimum atomic E-state index is -1.01. The Morgan fingerprint density at radius 3 is 1.97 bits per heavy atom. The first kappa shape index (κ1) is 24.8. The summed E-state index contributed by atoms with van der Waals surface area (Å²) in [5.74, 6) is -1.27. The number of nitrogens with two attached hydrogens (primary N) is 1. The topological polar surface area (TPSA) is 111 Å². The molecule has 4 N–H and O–H groups in total. The third-order valence-corrected chi connectivity index (χ3v) is 5.51. The minimum absolute atomic E-state index is 0.0583. The van der Waals surface area contributed by atoms with Crippen LogP contribution in [-0.2, 0) is 33.8 Å². The van der Waals surface area contributed by atoms with Crippen molar-refractivity contribution in [2.75, 3.05) is 0 Å². The van der Waals surface area contributed by atoms with Gasteiger partial charge < -0.3 is 21.1 Å². The largest absolute Gasteiger partial charge is 0.445 e. The second-order valence-electron chi connectivity index (χ2n) is 7.71. The highest BCUT2D eigenvalue weighted by atomic mass is 35.5. The summed E-state index contributed by atoms with van der Waals surface area (Å²) in [7, 11) is 0. The predicted molar refractivity (Wildman–Crippen MR) is 130 cm³/mol. The van der Waals surface area contributed by atoms with E-state index in [9.17, 15) is 14.4 Å². The maximum absolute atomic E-state index is 13.1. The Kier molecular flexibility index (Phi) is 9.05. The Hall–Kier alpha value is -3.84. The maximum Gasteiger partial charge on any atom is 0.408 e. The van der Waals surface area contributed by atoms with Gasteiger partial charge in [-0.1, -0.05) is 90.5 Å². The molecule has 3 aromatic carbocycles. The molecule has 3 amide bonds. The Morgan fingerprint density at radius 1 is 0.765 bits per heavy atom. The lowest BCUT2D eigenvalue weighted by molar-refractivity contribution is -0.128. The van der Waals surface area contributed by atoms with E-state index in [4.69, 9.17) is 22.1 Å². The number of rotatable bonds is 10. The number of benzene rings is 3. The number of carbonyl (C=O) groups excluding carboxylic acids is 3. The second kappa shape index (κ2) is 12.4. The highest BCUT2D eigenvalue weighted by Crippen LogP contribution is 2.17. The van der Waals surface area contributed by atoms with E-state index in [2.05, 4.69) is 10.6 Å². The van der Waals surface area contributed by atoms with Gasteiger partial charge in [0, 0.05) is 17.9 Å². The molecule has 8 heteroatoms. The monoisotopic (exact) mass is 479 g/mol. The molecular formula is C26H26ClN3O4. The van der Waals surface area contributed by atoms with Crippen molar-refractivity contribution in [2.24, 2.45) is 5.73 Å². The highest BCUT2D eigenvalue weighted by molar-refractivity contribution is 6.31.